The molecule has 0 spiro atoms. The van der Waals surface area contributed by atoms with Crippen LogP contribution in [0.1, 0.15) is 29.3 Å². The van der Waals surface area contributed by atoms with Crippen molar-refractivity contribution in [2.45, 2.75) is 19.4 Å². The topological polar surface area (TPSA) is 66.4 Å². The summed E-state index contributed by atoms with van der Waals surface area (Å²) in [6.45, 7) is 1.93. The van der Waals surface area contributed by atoms with Crippen LogP contribution in [0.3, 0.4) is 0 Å². The Morgan fingerprint density at radius 2 is 1.88 bits per heavy atom. The Balaban J connectivity index is 1.83. The molecule has 0 saturated carbocycles. The van der Waals surface area contributed by atoms with Crippen LogP contribution in [0.15, 0.2) is 47.6 Å². The number of nitrogens with zero attached hydrogens (tertiary/aromatic N) is 1. The van der Waals surface area contributed by atoms with Crippen molar-refractivity contribution in [3.8, 4) is 17.2 Å². The first-order valence-corrected chi connectivity index (χ1v) is 7.88. The third-order valence-corrected chi connectivity index (χ3v) is 3.85. The van der Waals surface area contributed by atoms with Gasteiger partial charge in [0.15, 0.2) is 0 Å². The Kier molecular flexibility index (Phi) is 4.88. The molecule has 6 nitrogen and oxygen atoms in total. The van der Waals surface area contributed by atoms with E-state index in [4.69, 9.17) is 19.0 Å². The molecular weight excluding hydrogens is 322 g/mol. The lowest BCUT2D eigenvalue weighted by Gasteiger charge is -2.24. The molecule has 1 aliphatic rings. The summed E-state index contributed by atoms with van der Waals surface area (Å²) in [5, 5.41) is 4.07. The maximum Gasteiger partial charge on any atom is 0.365 e. The molecular formula is C19H19NO5. The summed E-state index contributed by atoms with van der Waals surface area (Å²) in [5.74, 6) is 1.40. The fraction of sp³-hybridized carbons (Fsp3) is 0.263. The quantitative estimate of drug-likeness (QED) is 0.629. The Hall–Kier alpha value is -3.02. The Morgan fingerprint density at radius 3 is 2.64 bits per heavy atom. The highest BCUT2D eigenvalue weighted by Gasteiger charge is 2.23. The summed E-state index contributed by atoms with van der Waals surface area (Å²) in [4.78, 5) is 17.3. The van der Waals surface area contributed by atoms with Crippen molar-refractivity contribution in [2.24, 2.45) is 5.16 Å². The summed E-state index contributed by atoms with van der Waals surface area (Å²) in [6, 6.07) is 12.2. The van der Waals surface area contributed by atoms with Crippen LogP contribution in [0, 0.1) is 0 Å². The molecule has 1 unspecified atom stereocenters. The zero-order valence-electron chi connectivity index (χ0n) is 14.3. The molecule has 0 aliphatic carbocycles. The van der Waals surface area contributed by atoms with Gasteiger partial charge in [0.1, 0.15) is 23.4 Å². The molecule has 1 heterocycles. The number of fused-ring (bicyclic) bond motifs is 1. The van der Waals surface area contributed by atoms with E-state index < -0.39 is 5.97 Å². The first-order chi connectivity index (χ1) is 12.1. The van der Waals surface area contributed by atoms with Crippen molar-refractivity contribution >= 4 is 11.7 Å². The third kappa shape index (κ3) is 3.74. The Morgan fingerprint density at radius 1 is 1.12 bits per heavy atom. The van der Waals surface area contributed by atoms with Crippen molar-refractivity contribution in [3.63, 3.8) is 0 Å². The van der Waals surface area contributed by atoms with Gasteiger partial charge < -0.3 is 19.0 Å². The lowest BCUT2D eigenvalue weighted by Crippen LogP contribution is -2.25. The molecule has 0 fully saturated rings. The van der Waals surface area contributed by atoms with Gasteiger partial charge in [-0.2, -0.15) is 0 Å². The van der Waals surface area contributed by atoms with Crippen LogP contribution in [0.4, 0.5) is 0 Å². The summed E-state index contributed by atoms with van der Waals surface area (Å²) in [5.41, 5.74) is 1.82. The molecule has 6 heteroatoms. The highest BCUT2D eigenvalue weighted by Crippen LogP contribution is 2.31. The minimum atomic E-state index is -0.541. The molecule has 0 amide bonds. The lowest BCUT2D eigenvalue weighted by atomic mass is 10.0. The van der Waals surface area contributed by atoms with Gasteiger partial charge in [-0.15, -0.1) is 0 Å². The highest BCUT2D eigenvalue weighted by molar-refractivity contribution is 6.04. The number of rotatable bonds is 4. The SMILES string of the molecule is COc1cccc(C(=O)ON=C2CC(C)Oc3cc(OC)ccc32)c1. The van der Waals surface area contributed by atoms with Crippen LogP contribution in [-0.4, -0.2) is 32.0 Å². The average Bonchev–Trinajstić information content (AvgIpc) is 2.65. The molecule has 0 bridgehead atoms. The van der Waals surface area contributed by atoms with Crippen LogP contribution < -0.4 is 14.2 Å². The van der Waals surface area contributed by atoms with E-state index >= 15 is 0 Å². The van der Waals surface area contributed by atoms with Crippen molar-refractivity contribution in [2.75, 3.05) is 14.2 Å². The molecule has 1 atom stereocenters. The third-order valence-electron chi connectivity index (χ3n) is 3.85. The number of carbonyl (C=O) groups excluding carboxylic acids is 1. The molecule has 25 heavy (non-hydrogen) atoms. The second-order valence-corrected chi connectivity index (χ2v) is 5.64. The predicted octanol–water partition coefficient (Wildman–Crippen LogP) is 3.44. The first kappa shape index (κ1) is 16.8. The molecule has 0 N–H and O–H groups in total. The molecule has 0 aromatic heterocycles. The van der Waals surface area contributed by atoms with Gasteiger partial charge >= 0.3 is 5.97 Å². The molecule has 1 aliphatic heterocycles. The van der Waals surface area contributed by atoms with Crippen molar-refractivity contribution in [1.82, 2.24) is 0 Å². The maximum atomic E-state index is 12.2. The van der Waals surface area contributed by atoms with Crippen LogP contribution in [0.5, 0.6) is 17.2 Å². The number of oxime groups is 1. The van der Waals surface area contributed by atoms with Crippen molar-refractivity contribution < 1.29 is 23.8 Å². The minimum Gasteiger partial charge on any atom is -0.497 e. The number of hydrogen-bond acceptors (Lipinski definition) is 6. The standard InChI is InChI=1S/C19H19NO5/c1-12-9-17(16-8-7-15(23-3)11-18(16)24-12)20-25-19(21)13-5-4-6-14(10-13)22-2/h4-8,10-12H,9H2,1-3H3. The van der Waals surface area contributed by atoms with Gasteiger partial charge in [-0.05, 0) is 37.3 Å². The Labute approximate surface area is 146 Å². The van der Waals surface area contributed by atoms with Gasteiger partial charge in [0, 0.05) is 18.1 Å². The van der Waals surface area contributed by atoms with Gasteiger partial charge in [-0.25, -0.2) is 4.79 Å². The normalized spacial score (nSPS) is 17.4. The van der Waals surface area contributed by atoms with Crippen LogP contribution in [-0.2, 0) is 4.84 Å². The maximum absolute atomic E-state index is 12.2. The number of ether oxygens (including phenoxy) is 3. The van der Waals surface area contributed by atoms with E-state index in [9.17, 15) is 4.79 Å². The zero-order valence-corrected chi connectivity index (χ0v) is 14.3. The second kappa shape index (κ2) is 7.25. The van der Waals surface area contributed by atoms with E-state index in [1.807, 2.05) is 19.1 Å². The van der Waals surface area contributed by atoms with Gasteiger partial charge in [-0.1, -0.05) is 11.2 Å². The molecule has 2 aromatic carbocycles. The van der Waals surface area contributed by atoms with E-state index in [0.717, 1.165) is 5.56 Å². The zero-order chi connectivity index (χ0) is 17.8. The van der Waals surface area contributed by atoms with E-state index in [-0.39, 0.29) is 6.10 Å². The molecule has 0 saturated heterocycles. The molecule has 130 valence electrons. The highest BCUT2D eigenvalue weighted by atomic mass is 16.7. The predicted molar refractivity (Wildman–Crippen MR) is 92.6 cm³/mol. The monoisotopic (exact) mass is 341 g/mol. The fourth-order valence-corrected chi connectivity index (χ4v) is 2.59. The largest absolute Gasteiger partial charge is 0.497 e. The van der Waals surface area contributed by atoms with E-state index in [0.29, 0.717) is 34.9 Å². The van der Waals surface area contributed by atoms with Crippen molar-refractivity contribution in [3.05, 3.63) is 53.6 Å². The van der Waals surface area contributed by atoms with Gasteiger partial charge in [0.25, 0.3) is 0 Å². The van der Waals surface area contributed by atoms with Crippen LogP contribution in [0.2, 0.25) is 0 Å². The van der Waals surface area contributed by atoms with Crippen LogP contribution >= 0.6 is 0 Å². The van der Waals surface area contributed by atoms with Gasteiger partial charge in [0.2, 0.25) is 0 Å². The Bertz CT molecular complexity index is 815. The number of hydrogen-bond donors (Lipinski definition) is 0. The van der Waals surface area contributed by atoms with Gasteiger partial charge in [0.05, 0.1) is 25.5 Å². The van der Waals surface area contributed by atoms with Gasteiger partial charge in [-0.3, -0.25) is 0 Å². The van der Waals surface area contributed by atoms with E-state index in [1.54, 1.807) is 44.6 Å². The molecule has 2 aromatic rings. The smallest absolute Gasteiger partial charge is 0.365 e. The molecule has 0 radical (unpaired) electrons. The lowest BCUT2D eigenvalue weighted by molar-refractivity contribution is 0.0512. The van der Waals surface area contributed by atoms with Crippen molar-refractivity contribution in [1.29, 1.82) is 0 Å². The minimum absolute atomic E-state index is 0.0751. The summed E-state index contributed by atoms with van der Waals surface area (Å²) in [7, 11) is 3.14. The summed E-state index contributed by atoms with van der Waals surface area (Å²) < 4.78 is 16.1. The number of carbonyl (C=O) groups is 1. The number of methoxy groups -OCH3 is 2. The number of benzene rings is 2. The second-order valence-electron chi connectivity index (χ2n) is 5.64. The summed E-state index contributed by atoms with van der Waals surface area (Å²) >= 11 is 0. The van der Waals surface area contributed by atoms with E-state index in [1.165, 1.54) is 0 Å². The molecule has 3 rings (SSSR count). The average molecular weight is 341 g/mol. The first-order valence-electron chi connectivity index (χ1n) is 7.88. The van der Waals surface area contributed by atoms with E-state index in [2.05, 4.69) is 5.16 Å². The van der Waals surface area contributed by atoms with Crippen LogP contribution in [0.25, 0.3) is 0 Å². The fourth-order valence-electron chi connectivity index (χ4n) is 2.59. The summed E-state index contributed by atoms with van der Waals surface area (Å²) in [6.07, 6.45) is 0.471.